The molecule has 0 aliphatic carbocycles. The van der Waals surface area contributed by atoms with E-state index in [0.717, 1.165) is 5.56 Å². The minimum atomic E-state index is -3.70. The number of rotatable bonds is 7. The van der Waals surface area contributed by atoms with Gasteiger partial charge in [0.05, 0.1) is 5.69 Å². The first-order valence-electron chi connectivity index (χ1n) is 8.06. The average molecular weight is 378 g/mol. The third kappa shape index (κ3) is 4.27. The molecule has 0 saturated heterocycles. The molecule has 0 radical (unpaired) electrons. The summed E-state index contributed by atoms with van der Waals surface area (Å²) >= 11 is 0. The van der Waals surface area contributed by atoms with Crippen LogP contribution in [0.1, 0.15) is 21.5 Å². The zero-order valence-corrected chi connectivity index (χ0v) is 15.0. The fourth-order valence-corrected chi connectivity index (χ4v) is 4.25. The number of amides is 1. The number of fused-ring (bicyclic) bond motifs is 1. The highest BCUT2D eigenvalue weighted by atomic mass is 32.3. The molecule has 8 heteroatoms. The van der Waals surface area contributed by atoms with Gasteiger partial charge in [0, 0.05) is 31.2 Å². The summed E-state index contributed by atoms with van der Waals surface area (Å²) in [7, 11) is -2.26. The molecule has 2 aromatic carbocycles. The van der Waals surface area contributed by atoms with Gasteiger partial charge in [-0.2, -0.15) is 0 Å². The van der Waals surface area contributed by atoms with E-state index in [1.54, 1.807) is 30.3 Å². The highest BCUT2D eigenvalue weighted by Crippen LogP contribution is 2.26. The molecule has 6 nitrogen and oxygen atoms in total. The first-order chi connectivity index (χ1) is 12.4. The second kappa shape index (κ2) is 7.53. The Morgan fingerprint density at radius 2 is 2.04 bits per heavy atom. The van der Waals surface area contributed by atoms with E-state index < -0.39 is 16.5 Å². The maximum atomic E-state index is 13.0. The molecule has 138 valence electrons. The lowest BCUT2D eigenvalue weighted by Gasteiger charge is -2.22. The number of hydrogen-bond donors (Lipinski definition) is 2. The van der Waals surface area contributed by atoms with Crippen LogP contribution in [0.2, 0.25) is 0 Å². The van der Waals surface area contributed by atoms with Crippen molar-refractivity contribution in [3.05, 3.63) is 65.0 Å². The molecule has 2 aromatic rings. The van der Waals surface area contributed by atoms with Crippen LogP contribution in [0, 0.1) is 5.82 Å². The Hall–Kier alpha value is -2.29. The van der Waals surface area contributed by atoms with Crippen molar-refractivity contribution in [2.45, 2.75) is 19.1 Å². The van der Waals surface area contributed by atoms with E-state index in [-0.39, 0.29) is 24.0 Å². The summed E-state index contributed by atoms with van der Waals surface area (Å²) in [6.45, 7) is 0.288. The summed E-state index contributed by atoms with van der Waals surface area (Å²) < 4.78 is 45.9. The third-order valence-electron chi connectivity index (χ3n) is 4.23. The Morgan fingerprint density at radius 3 is 2.73 bits per heavy atom. The van der Waals surface area contributed by atoms with Gasteiger partial charge in [0.2, 0.25) is 0 Å². The summed E-state index contributed by atoms with van der Waals surface area (Å²) in [4.78, 5) is 11.7. The van der Waals surface area contributed by atoms with Crippen LogP contribution < -0.4 is 10.0 Å². The maximum Gasteiger partial charge on any atom is 0.251 e. The van der Waals surface area contributed by atoms with Crippen LogP contribution in [0.15, 0.2) is 42.5 Å². The lowest BCUT2D eigenvalue weighted by Crippen LogP contribution is -2.34. The summed E-state index contributed by atoms with van der Waals surface area (Å²) in [5.41, 5.74) is 2.27. The van der Waals surface area contributed by atoms with Crippen molar-refractivity contribution in [3.63, 3.8) is 0 Å². The van der Waals surface area contributed by atoms with Crippen LogP contribution in [0.3, 0.4) is 0 Å². The zero-order chi connectivity index (χ0) is 18.7. The Labute approximate surface area is 152 Å². The van der Waals surface area contributed by atoms with E-state index in [0.29, 0.717) is 23.2 Å². The van der Waals surface area contributed by atoms with Gasteiger partial charge in [-0.15, -0.1) is 0 Å². The van der Waals surface area contributed by atoms with Gasteiger partial charge in [-0.1, -0.05) is 22.4 Å². The Morgan fingerprint density at radius 1 is 1.31 bits per heavy atom. The van der Waals surface area contributed by atoms with Crippen LogP contribution in [0.25, 0.3) is 0 Å². The van der Waals surface area contributed by atoms with Crippen molar-refractivity contribution in [2.75, 3.05) is 17.6 Å². The summed E-state index contributed by atoms with van der Waals surface area (Å²) in [6, 6.07) is 10.8. The highest BCUT2D eigenvalue weighted by Gasteiger charge is 2.28. The van der Waals surface area contributed by atoms with Crippen molar-refractivity contribution in [3.8, 4) is 0 Å². The first-order valence-corrected chi connectivity index (χ1v) is 9.71. The van der Waals surface area contributed by atoms with Crippen LogP contribution in [0.5, 0.6) is 0 Å². The van der Waals surface area contributed by atoms with Gasteiger partial charge in [0.15, 0.2) is 5.75 Å². The van der Waals surface area contributed by atoms with Crippen molar-refractivity contribution in [1.29, 1.82) is 0 Å². The monoisotopic (exact) mass is 378 g/mol. The van der Waals surface area contributed by atoms with E-state index in [1.807, 2.05) is 0 Å². The molecule has 26 heavy (non-hydrogen) atoms. The van der Waals surface area contributed by atoms with Gasteiger partial charge in [-0.25, -0.2) is 9.11 Å². The number of sulfonamides is 1. The number of halogens is 1. The van der Waals surface area contributed by atoms with E-state index in [4.69, 9.17) is 4.74 Å². The van der Waals surface area contributed by atoms with E-state index in [2.05, 4.69) is 10.0 Å². The average Bonchev–Trinajstić information content (AvgIpc) is 2.98. The van der Waals surface area contributed by atoms with Crippen LogP contribution in [0.4, 0.5) is 10.1 Å². The van der Waals surface area contributed by atoms with Crippen LogP contribution >= 0.6 is 0 Å². The number of carbonyl (C=O) groups excluding carboxylic acids is 1. The second-order valence-corrected chi connectivity index (χ2v) is 7.85. The number of hydrogen-bond acceptors (Lipinski definition) is 4. The summed E-state index contributed by atoms with van der Waals surface area (Å²) in [6.07, 6.45) is -0.251. The maximum absolute atomic E-state index is 13.0. The topological polar surface area (TPSA) is 90.5 Å². The van der Waals surface area contributed by atoms with E-state index >= 15 is 0 Å². The molecular formula is C18H19FN2O4S. The van der Waals surface area contributed by atoms with Crippen LogP contribution in [-0.4, -0.2) is 29.4 Å². The standard InChI is InChI=1S/C18H19FN2O4S/c1-25-14(9-12-5-7-13(19)8-6-12)11-26(23,24)21-17-4-2-3-15-16(17)10-20-18(15)22/h2-8,14H,9-11H2,1H3,(H2-,20,21,22,23,24). The van der Waals surface area contributed by atoms with Crippen molar-refractivity contribution in [1.82, 2.24) is 5.32 Å². The van der Waals surface area contributed by atoms with Crippen molar-refractivity contribution < 1.29 is 22.7 Å². The molecule has 3 rings (SSSR count). The number of nitrogens with one attached hydrogen (secondary N) is 2. The van der Waals surface area contributed by atoms with Gasteiger partial charge in [0.25, 0.3) is 5.91 Å². The lowest BCUT2D eigenvalue weighted by atomic mass is 10.1. The third-order valence-corrected chi connectivity index (χ3v) is 5.57. The zero-order valence-electron chi connectivity index (χ0n) is 14.2. The number of carbonyl (C=O) groups is 1. The predicted octanol–water partition coefficient (Wildman–Crippen LogP) is 2.28. The normalized spacial score (nSPS) is 16.5. The Bertz CT molecular complexity index is 857. The highest BCUT2D eigenvalue weighted by molar-refractivity contribution is 7.98. The molecule has 1 amide bonds. The molecule has 0 fully saturated rings. The quantitative estimate of drug-likeness (QED) is 0.723. The fraction of sp³-hybridized carbons (Fsp3) is 0.278. The molecular weight excluding hydrogens is 359 g/mol. The molecule has 1 heterocycles. The molecule has 0 spiro atoms. The van der Waals surface area contributed by atoms with E-state index in [1.165, 1.54) is 19.2 Å². The van der Waals surface area contributed by atoms with Crippen molar-refractivity contribution >= 4 is 22.0 Å². The first kappa shape index (κ1) is 18.5. The molecule has 2 unspecified atom stereocenters. The minimum absolute atomic E-state index is 0.216. The predicted molar refractivity (Wildman–Crippen MR) is 95.8 cm³/mol. The SMILES string of the molecule is COC(Cc1ccc(F)cc1)C[S+](=O)([O-])Nc1cccc2c1CNC2=O. The lowest BCUT2D eigenvalue weighted by molar-refractivity contribution is 0.0965. The van der Waals surface area contributed by atoms with Gasteiger partial charge in [-0.05, 0) is 29.8 Å². The van der Waals surface area contributed by atoms with Gasteiger partial charge >= 0.3 is 0 Å². The molecule has 2 atom stereocenters. The number of anilines is 1. The molecule has 2 N–H and O–H groups in total. The second-order valence-electron chi connectivity index (χ2n) is 6.09. The Balaban J connectivity index is 1.71. The number of ether oxygens (including phenoxy) is 1. The van der Waals surface area contributed by atoms with Crippen molar-refractivity contribution in [2.24, 2.45) is 0 Å². The smallest absolute Gasteiger partial charge is 0.251 e. The summed E-state index contributed by atoms with van der Waals surface area (Å²) in [5, 5.41) is 2.67. The van der Waals surface area contributed by atoms with Gasteiger partial charge in [0.1, 0.15) is 22.3 Å². The molecule has 0 saturated carbocycles. The molecule has 0 aromatic heterocycles. The molecule has 0 bridgehead atoms. The summed E-state index contributed by atoms with van der Waals surface area (Å²) in [5.74, 6) is -0.823. The number of methoxy groups -OCH3 is 1. The number of benzene rings is 2. The molecule has 1 aliphatic rings. The molecule has 1 aliphatic heterocycles. The minimum Gasteiger partial charge on any atom is -0.593 e. The fourth-order valence-electron chi connectivity index (χ4n) is 2.90. The van der Waals surface area contributed by atoms with Gasteiger partial charge < -0.3 is 14.6 Å². The van der Waals surface area contributed by atoms with E-state index in [9.17, 15) is 17.9 Å². The largest absolute Gasteiger partial charge is 0.593 e. The Kier molecular flexibility index (Phi) is 5.36. The van der Waals surface area contributed by atoms with Crippen LogP contribution in [-0.2, 0) is 32.3 Å². The van der Waals surface area contributed by atoms with Gasteiger partial charge in [-0.3, -0.25) is 4.79 Å².